The molecule has 1 N–H and O–H groups in total. The second-order valence-electron chi connectivity index (χ2n) is 3.91. The normalized spacial score (nSPS) is 10.6. The number of benzene rings is 1. The third-order valence-corrected chi connectivity index (χ3v) is 3.86. The van der Waals surface area contributed by atoms with E-state index in [0.717, 1.165) is 33.6 Å². The van der Waals surface area contributed by atoms with E-state index in [1.807, 2.05) is 30.5 Å². The number of ether oxygens (including phenoxy) is 1. The van der Waals surface area contributed by atoms with E-state index in [9.17, 15) is 0 Å². The van der Waals surface area contributed by atoms with Crippen molar-refractivity contribution >= 4 is 22.9 Å². The first-order valence-corrected chi connectivity index (χ1v) is 6.89. The van der Waals surface area contributed by atoms with Crippen LogP contribution in [0.4, 0.5) is 0 Å². The fraction of sp³-hybridized carbons (Fsp3) is 0.308. The third-order valence-electron chi connectivity index (χ3n) is 2.54. The van der Waals surface area contributed by atoms with E-state index in [2.05, 4.69) is 10.3 Å². The number of hydrogen-bond donors (Lipinski definition) is 1. The predicted molar refractivity (Wildman–Crippen MR) is 75.4 cm³/mol. The standard InChI is InChI=1S/C13H15ClN2OS/c1-9-8-18-13(16-9)7-15-6-10-11(14)4-3-5-12(10)17-2/h3-5,8,15H,6-7H2,1-2H3. The monoisotopic (exact) mass is 282 g/mol. The number of aryl methyl sites for hydroxylation is 1. The lowest BCUT2D eigenvalue weighted by Gasteiger charge is -2.10. The van der Waals surface area contributed by atoms with Crippen LogP contribution in [-0.4, -0.2) is 12.1 Å². The van der Waals surface area contributed by atoms with Crippen LogP contribution in [0.25, 0.3) is 0 Å². The Balaban J connectivity index is 1.98. The summed E-state index contributed by atoms with van der Waals surface area (Å²) in [5.74, 6) is 0.810. The van der Waals surface area contributed by atoms with E-state index in [-0.39, 0.29) is 0 Å². The highest BCUT2D eigenvalue weighted by Gasteiger charge is 2.07. The SMILES string of the molecule is COc1cccc(Cl)c1CNCc1nc(C)cs1. The minimum absolute atomic E-state index is 0.668. The van der Waals surface area contributed by atoms with Crippen molar-refractivity contribution in [2.45, 2.75) is 20.0 Å². The van der Waals surface area contributed by atoms with Crippen LogP contribution in [0.3, 0.4) is 0 Å². The molecule has 3 nitrogen and oxygen atoms in total. The second-order valence-corrected chi connectivity index (χ2v) is 5.26. The van der Waals surface area contributed by atoms with Gasteiger partial charge in [0.15, 0.2) is 0 Å². The molecule has 0 bridgehead atoms. The summed E-state index contributed by atoms with van der Waals surface area (Å²) < 4.78 is 5.30. The lowest BCUT2D eigenvalue weighted by atomic mass is 10.2. The van der Waals surface area contributed by atoms with Gasteiger partial charge in [0, 0.05) is 34.7 Å². The molecule has 0 atom stereocenters. The van der Waals surface area contributed by atoms with Gasteiger partial charge in [-0.05, 0) is 19.1 Å². The molecular formula is C13H15ClN2OS. The molecule has 0 radical (unpaired) electrons. The van der Waals surface area contributed by atoms with E-state index >= 15 is 0 Å². The van der Waals surface area contributed by atoms with Crippen LogP contribution in [0.15, 0.2) is 23.6 Å². The Morgan fingerprint density at radius 2 is 2.22 bits per heavy atom. The molecule has 0 aliphatic heterocycles. The lowest BCUT2D eigenvalue weighted by molar-refractivity contribution is 0.407. The third kappa shape index (κ3) is 3.22. The molecule has 0 aliphatic rings. The van der Waals surface area contributed by atoms with Crippen LogP contribution < -0.4 is 10.1 Å². The van der Waals surface area contributed by atoms with Crippen LogP contribution in [0, 0.1) is 6.92 Å². The van der Waals surface area contributed by atoms with E-state index in [1.54, 1.807) is 18.4 Å². The minimum Gasteiger partial charge on any atom is -0.496 e. The summed E-state index contributed by atoms with van der Waals surface area (Å²) in [4.78, 5) is 4.40. The van der Waals surface area contributed by atoms with Gasteiger partial charge in [-0.3, -0.25) is 0 Å². The van der Waals surface area contributed by atoms with Crippen molar-refractivity contribution in [2.24, 2.45) is 0 Å². The van der Waals surface area contributed by atoms with Crippen LogP contribution in [0.2, 0.25) is 5.02 Å². The maximum Gasteiger partial charge on any atom is 0.124 e. The van der Waals surface area contributed by atoms with Crippen LogP contribution in [-0.2, 0) is 13.1 Å². The van der Waals surface area contributed by atoms with Crippen LogP contribution >= 0.6 is 22.9 Å². The van der Waals surface area contributed by atoms with Crippen molar-refractivity contribution < 1.29 is 4.74 Å². The van der Waals surface area contributed by atoms with E-state index in [4.69, 9.17) is 16.3 Å². The number of rotatable bonds is 5. The summed E-state index contributed by atoms with van der Waals surface area (Å²) in [6.45, 7) is 3.41. The summed E-state index contributed by atoms with van der Waals surface area (Å²) in [7, 11) is 1.65. The molecule has 96 valence electrons. The van der Waals surface area contributed by atoms with Crippen molar-refractivity contribution in [1.29, 1.82) is 0 Å². The molecule has 2 rings (SSSR count). The van der Waals surface area contributed by atoms with Crippen LogP contribution in [0.5, 0.6) is 5.75 Å². The van der Waals surface area contributed by atoms with Gasteiger partial charge < -0.3 is 10.1 Å². The van der Waals surface area contributed by atoms with Gasteiger partial charge in [-0.1, -0.05) is 17.7 Å². The van der Waals surface area contributed by atoms with E-state index < -0.39 is 0 Å². The second kappa shape index (κ2) is 6.18. The smallest absolute Gasteiger partial charge is 0.124 e. The Labute approximate surface area is 116 Å². The molecule has 0 fully saturated rings. The lowest BCUT2D eigenvalue weighted by Crippen LogP contribution is -2.13. The van der Waals surface area contributed by atoms with Crippen LogP contribution in [0.1, 0.15) is 16.3 Å². The maximum atomic E-state index is 6.16. The van der Waals surface area contributed by atoms with Crippen molar-refractivity contribution in [3.05, 3.63) is 44.9 Å². The average Bonchev–Trinajstić information content (AvgIpc) is 2.77. The van der Waals surface area contributed by atoms with Gasteiger partial charge in [0.1, 0.15) is 10.8 Å². The molecule has 0 saturated carbocycles. The van der Waals surface area contributed by atoms with Gasteiger partial charge >= 0.3 is 0 Å². The number of nitrogens with one attached hydrogen (secondary N) is 1. The molecule has 0 unspecified atom stereocenters. The molecular weight excluding hydrogens is 268 g/mol. The first-order chi connectivity index (χ1) is 8.70. The Bertz CT molecular complexity index is 527. The Hall–Kier alpha value is -1.10. The first-order valence-electron chi connectivity index (χ1n) is 5.64. The van der Waals surface area contributed by atoms with Gasteiger partial charge in [0.05, 0.1) is 7.11 Å². The Morgan fingerprint density at radius 3 is 2.89 bits per heavy atom. The molecule has 1 heterocycles. The highest BCUT2D eigenvalue weighted by molar-refractivity contribution is 7.09. The number of thiazole rings is 1. The molecule has 0 aliphatic carbocycles. The van der Waals surface area contributed by atoms with Crippen molar-refractivity contribution in [3.8, 4) is 5.75 Å². The molecule has 0 spiro atoms. The largest absolute Gasteiger partial charge is 0.496 e. The topological polar surface area (TPSA) is 34.1 Å². The van der Waals surface area contributed by atoms with Gasteiger partial charge in [-0.2, -0.15) is 0 Å². The number of methoxy groups -OCH3 is 1. The van der Waals surface area contributed by atoms with Gasteiger partial charge in [0.25, 0.3) is 0 Å². The number of nitrogens with zero attached hydrogens (tertiary/aromatic N) is 1. The number of halogens is 1. The molecule has 2 aromatic rings. The predicted octanol–water partition coefficient (Wildman–Crippen LogP) is 3.40. The summed E-state index contributed by atoms with van der Waals surface area (Å²) in [6.07, 6.45) is 0. The van der Waals surface area contributed by atoms with Gasteiger partial charge in [0.2, 0.25) is 0 Å². The fourth-order valence-corrected chi connectivity index (χ4v) is 2.65. The minimum atomic E-state index is 0.668. The zero-order valence-corrected chi connectivity index (χ0v) is 11.9. The van der Waals surface area contributed by atoms with Gasteiger partial charge in [-0.25, -0.2) is 4.98 Å². The maximum absolute atomic E-state index is 6.16. The first kappa shape index (κ1) is 13.3. The van der Waals surface area contributed by atoms with E-state index in [1.165, 1.54) is 0 Å². The zero-order chi connectivity index (χ0) is 13.0. The highest BCUT2D eigenvalue weighted by atomic mass is 35.5. The number of aromatic nitrogens is 1. The number of hydrogen-bond acceptors (Lipinski definition) is 4. The van der Waals surface area contributed by atoms with Crippen molar-refractivity contribution in [1.82, 2.24) is 10.3 Å². The van der Waals surface area contributed by atoms with E-state index in [0.29, 0.717) is 6.54 Å². The highest BCUT2D eigenvalue weighted by Crippen LogP contribution is 2.25. The summed E-state index contributed by atoms with van der Waals surface area (Å²) in [6, 6.07) is 5.67. The average molecular weight is 283 g/mol. The molecule has 5 heteroatoms. The molecule has 0 saturated heterocycles. The molecule has 18 heavy (non-hydrogen) atoms. The van der Waals surface area contributed by atoms with Crippen molar-refractivity contribution in [2.75, 3.05) is 7.11 Å². The molecule has 1 aromatic heterocycles. The Kier molecular flexibility index (Phi) is 4.58. The van der Waals surface area contributed by atoms with Crippen molar-refractivity contribution in [3.63, 3.8) is 0 Å². The summed E-state index contributed by atoms with van der Waals surface area (Å²) in [5.41, 5.74) is 2.04. The van der Waals surface area contributed by atoms with Gasteiger partial charge in [-0.15, -0.1) is 11.3 Å². The quantitative estimate of drug-likeness (QED) is 0.913. The molecule has 1 aromatic carbocycles. The summed E-state index contributed by atoms with van der Waals surface area (Å²) >= 11 is 7.82. The zero-order valence-electron chi connectivity index (χ0n) is 10.4. The fourth-order valence-electron chi connectivity index (χ4n) is 1.68. The molecule has 0 amide bonds. The summed E-state index contributed by atoms with van der Waals surface area (Å²) in [5, 5.41) is 7.18. The Morgan fingerprint density at radius 1 is 1.39 bits per heavy atom.